The smallest absolute Gasteiger partial charge is 0.135 e. The highest BCUT2D eigenvalue weighted by Crippen LogP contribution is 2.54. The summed E-state index contributed by atoms with van der Waals surface area (Å²) in [5.74, 6) is 0. The van der Waals surface area contributed by atoms with Gasteiger partial charge in [0.25, 0.3) is 0 Å². The van der Waals surface area contributed by atoms with E-state index in [-0.39, 0.29) is 5.41 Å². The minimum absolute atomic E-state index is 0.0336. The molecule has 0 saturated carbocycles. The van der Waals surface area contributed by atoms with Crippen molar-refractivity contribution in [2.45, 2.75) is 39.7 Å². The fourth-order valence-electron chi connectivity index (χ4n) is 21.8. The average molecular weight is 1650 g/mol. The van der Waals surface area contributed by atoms with Crippen LogP contribution in [0.25, 0.3) is 252 Å². The van der Waals surface area contributed by atoms with Crippen molar-refractivity contribution in [2.24, 2.45) is 0 Å². The molecule has 3 nitrogen and oxygen atoms in total. The molecule has 0 amide bonds. The van der Waals surface area contributed by atoms with Crippen LogP contribution in [0.2, 0.25) is 0 Å². The molecular formula is C126H85NO2. The molecule has 1 aliphatic carbocycles. The Morgan fingerprint density at radius 2 is 0.527 bits per heavy atom. The van der Waals surface area contributed by atoms with Gasteiger partial charge in [-0.1, -0.05) is 359 Å². The summed E-state index contributed by atoms with van der Waals surface area (Å²) < 4.78 is 14.8. The van der Waals surface area contributed by atoms with Gasteiger partial charge in [0, 0.05) is 55.3 Å². The largest absolute Gasteiger partial charge is 0.456 e. The number of fused-ring (bicyclic) bond motifs is 30. The Hall–Kier alpha value is -16.2. The highest BCUT2D eigenvalue weighted by molar-refractivity contribution is 6.30. The monoisotopic (exact) mass is 1640 g/mol. The van der Waals surface area contributed by atoms with Crippen molar-refractivity contribution in [1.29, 1.82) is 0 Å². The van der Waals surface area contributed by atoms with Crippen molar-refractivity contribution in [3.8, 4) is 89.0 Å². The molecule has 23 aromatic carbocycles. The molecule has 0 saturated heterocycles. The summed E-state index contributed by atoms with van der Waals surface area (Å²) in [5.41, 5.74) is 30.2. The number of hydrogen-bond acceptors (Lipinski definition) is 2. The van der Waals surface area contributed by atoms with Gasteiger partial charge in [-0.3, -0.25) is 0 Å². The van der Waals surface area contributed by atoms with E-state index < -0.39 is 0 Å². The fraction of sp³-hybridized carbons (Fsp3) is 0.0476. The first kappa shape index (κ1) is 75.3. The van der Waals surface area contributed by atoms with E-state index in [0.717, 1.165) is 72.7 Å². The van der Waals surface area contributed by atoms with Crippen LogP contribution in [0.15, 0.2) is 440 Å². The second kappa shape index (κ2) is 30.0. The van der Waals surface area contributed by atoms with Crippen molar-refractivity contribution >= 4 is 163 Å². The van der Waals surface area contributed by atoms with Crippen molar-refractivity contribution in [2.75, 3.05) is 0 Å². The molecule has 3 heterocycles. The summed E-state index contributed by atoms with van der Waals surface area (Å²) in [5, 5.41) is 30.5. The third-order valence-corrected chi connectivity index (χ3v) is 27.9. The standard InChI is InChI=1S/C48H28O2.C40H30.C38H27N/c1-2-11-37-35(10-1)36-12-3-4-15-40(36)48-34(16-9-17-41(37)48)33-25-31(29-20-22-46-42(27-29)38-13-5-7-18-44(38)49-46)24-32(26-33)30-21-23-47-43(28-30)39-14-6-8-19-45(39)50-47;1-25-15-21-35-36-14-8-13-29(39(36)40(2,3)38(35)23-25)27-18-16-26(17-19-27)28-20-22-34-32-11-5-4-9-30(32)31-10-6-7-12-33(31)37(34)24-28;1-2-39-37-17-8-7-16-34(37)36-24-28(19-21-38(36)39)26-11-9-10-25(22-26)27-18-20-33-31-14-4-3-12-29(31)30-13-5-6-15-32(30)35(33)23-27/h1-28H;4-24H,1-3H3;3-24H,2H2,1H3. The molecule has 0 fully saturated rings. The molecule has 0 spiro atoms. The van der Waals surface area contributed by atoms with Crippen molar-refractivity contribution in [3.63, 3.8) is 0 Å². The lowest BCUT2D eigenvalue weighted by molar-refractivity contribution is 0.661. The normalized spacial score (nSPS) is 12.4. The molecule has 1 aliphatic rings. The van der Waals surface area contributed by atoms with E-state index in [2.05, 4.69) is 439 Å². The Morgan fingerprint density at radius 3 is 1.05 bits per heavy atom. The Kier molecular flexibility index (Phi) is 17.5. The van der Waals surface area contributed by atoms with Crippen LogP contribution in [0.3, 0.4) is 0 Å². The molecule has 0 aliphatic heterocycles. The van der Waals surface area contributed by atoms with Gasteiger partial charge in [-0.15, -0.1) is 0 Å². The van der Waals surface area contributed by atoms with Crippen molar-refractivity contribution < 1.29 is 8.83 Å². The molecule has 26 aromatic rings. The Morgan fingerprint density at radius 1 is 0.202 bits per heavy atom. The van der Waals surface area contributed by atoms with Crippen LogP contribution in [0.5, 0.6) is 0 Å². The number of hydrogen-bond donors (Lipinski definition) is 0. The molecule has 0 N–H and O–H groups in total. The van der Waals surface area contributed by atoms with E-state index in [0.29, 0.717) is 0 Å². The Balaban J connectivity index is 0.000000106. The first-order valence-electron chi connectivity index (χ1n) is 45.0. The first-order valence-corrected chi connectivity index (χ1v) is 45.0. The summed E-state index contributed by atoms with van der Waals surface area (Å²) in [4.78, 5) is 0. The Bertz CT molecular complexity index is 8910. The number of rotatable bonds is 8. The van der Waals surface area contributed by atoms with Crippen LogP contribution in [-0.4, -0.2) is 4.57 Å². The van der Waals surface area contributed by atoms with Gasteiger partial charge in [0.2, 0.25) is 0 Å². The highest BCUT2D eigenvalue weighted by Gasteiger charge is 2.38. The second-order valence-corrected chi connectivity index (χ2v) is 35.5. The van der Waals surface area contributed by atoms with Crippen LogP contribution in [0.4, 0.5) is 0 Å². The van der Waals surface area contributed by atoms with Gasteiger partial charge in [-0.25, -0.2) is 0 Å². The number of nitrogens with zero attached hydrogens (tertiary/aromatic N) is 1. The lowest BCUT2D eigenvalue weighted by Crippen LogP contribution is -2.16. The van der Waals surface area contributed by atoms with E-state index in [4.69, 9.17) is 8.83 Å². The lowest BCUT2D eigenvalue weighted by atomic mass is 9.78. The number of para-hydroxylation sites is 3. The summed E-state index contributed by atoms with van der Waals surface area (Å²) in [6.45, 7) is 10.1. The number of aromatic nitrogens is 1. The van der Waals surface area contributed by atoms with Crippen molar-refractivity contribution in [1.82, 2.24) is 4.57 Å². The summed E-state index contributed by atoms with van der Waals surface area (Å²) >= 11 is 0. The third kappa shape index (κ3) is 12.3. The zero-order valence-corrected chi connectivity index (χ0v) is 72.0. The first-order chi connectivity index (χ1) is 63.6. The van der Waals surface area contributed by atoms with E-state index in [1.807, 2.05) is 24.3 Å². The van der Waals surface area contributed by atoms with Crippen LogP contribution >= 0.6 is 0 Å². The molecule has 0 unspecified atom stereocenters. The molecule has 3 heteroatoms. The predicted octanol–water partition coefficient (Wildman–Crippen LogP) is 35.6. The van der Waals surface area contributed by atoms with Crippen LogP contribution < -0.4 is 0 Å². The number of benzene rings is 23. The van der Waals surface area contributed by atoms with Gasteiger partial charge in [0.15, 0.2) is 0 Å². The number of aryl methyl sites for hydroxylation is 2. The molecule has 0 bridgehead atoms. The summed E-state index contributed by atoms with van der Waals surface area (Å²) in [7, 11) is 0. The zero-order valence-electron chi connectivity index (χ0n) is 72.0. The van der Waals surface area contributed by atoms with Gasteiger partial charge >= 0.3 is 0 Å². The fourth-order valence-corrected chi connectivity index (χ4v) is 21.8. The maximum absolute atomic E-state index is 6.21. The predicted molar refractivity (Wildman–Crippen MR) is 550 cm³/mol. The summed E-state index contributed by atoms with van der Waals surface area (Å²) in [6.07, 6.45) is 0. The molecule has 27 rings (SSSR count). The van der Waals surface area contributed by atoms with E-state index in [1.54, 1.807) is 0 Å². The van der Waals surface area contributed by atoms with E-state index in [1.165, 1.54) is 202 Å². The van der Waals surface area contributed by atoms with Gasteiger partial charge in [0.05, 0.1) is 0 Å². The van der Waals surface area contributed by atoms with E-state index >= 15 is 0 Å². The van der Waals surface area contributed by atoms with Gasteiger partial charge < -0.3 is 13.4 Å². The zero-order chi connectivity index (χ0) is 85.7. The molecule has 0 radical (unpaired) electrons. The minimum atomic E-state index is -0.0336. The molecule has 606 valence electrons. The maximum Gasteiger partial charge on any atom is 0.135 e. The minimum Gasteiger partial charge on any atom is -0.456 e. The van der Waals surface area contributed by atoms with Gasteiger partial charge in [0.1, 0.15) is 22.3 Å². The van der Waals surface area contributed by atoms with Crippen LogP contribution in [-0.2, 0) is 12.0 Å². The Labute approximate surface area is 746 Å². The third-order valence-electron chi connectivity index (χ3n) is 27.9. The molecular weight excluding hydrogens is 1560 g/mol. The van der Waals surface area contributed by atoms with Crippen LogP contribution in [0.1, 0.15) is 37.5 Å². The topological polar surface area (TPSA) is 31.2 Å². The summed E-state index contributed by atoms with van der Waals surface area (Å²) in [6, 6.07) is 158. The highest BCUT2D eigenvalue weighted by atomic mass is 16.3. The van der Waals surface area contributed by atoms with Gasteiger partial charge in [-0.05, 0) is 302 Å². The number of furan rings is 2. The molecule has 0 atom stereocenters. The lowest BCUT2D eigenvalue weighted by Gasteiger charge is -2.25. The average Bonchev–Trinajstić information content (AvgIpc) is 1.72. The quantitative estimate of drug-likeness (QED) is 0.142. The van der Waals surface area contributed by atoms with E-state index in [9.17, 15) is 0 Å². The molecule has 3 aromatic heterocycles. The van der Waals surface area contributed by atoms with Gasteiger partial charge in [-0.2, -0.15) is 0 Å². The van der Waals surface area contributed by atoms with Crippen molar-refractivity contribution in [3.05, 3.63) is 447 Å². The van der Waals surface area contributed by atoms with Crippen LogP contribution in [0, 0.1) is 6.92 Å². The second-order valence-electron chi connectivity index (χ2n) is 35.5. The SMILES string of the molecule is CCn1c2ccccc2c2cc(-c3cccc(-c4ccc5c6ccccc6c6ccccc6c5c4)c3)ccc21.Cc1ccc2c(c1)C(C)(C)c1c(-c3ccc(-c4ccc5c6ccccc6c6ccccc6c5c4)cc3)cccc1-2.c1ccc2c(c1)oc1ccc(-c3cc(-c4ccc5oc6ccccc6c5c4)cc(-c4cccc5c6ccccc6c6ccccc6c45)c3)cc12. The molecule has 129 heavy (non-hydrogen) atoms. The maximum atomic E-state index is 6.21.